The molecule has 0 atom stereocenters. The SMILES string of the molecule is CSc1nc(CN2CCC(C)CC2)ccc1C#N. The molecule has 1 aromatic rings. The van der Waals surface area contributed by atoms with Crippen LogP contribution in [0.25, 0.3) is 0 Å². The van der Waals surface area contributed by atoms with E-state index >= 15 is 0 Å². The molecule has 0 spiro atoms. The molecule has 0 saturated carbocycles. The molecule has 0 amide bonds. The van der Waals surface area contributed by atoms with Crippen molar-refractivity contribution in [1.29, 1.82) is 5.26 Å². The Bertz CT molecular complexity index is 445. The van der Waals surface area contributed by atoms with Gasteiger partial charge >= 0.3 is 0 Å². The van der Waals surface area contributed by atoms with Crippen molar-refractivity contribution in [3.63, 3.8) is 0 Å². The highest BCUT2D eigenvalue weighted by molar-refractivity contribution is 7.98. The van der Waals surface area contributed by atoms with Gasteiger partial charge in [-0.3, -0.25) is 4.90 Å². The third-order valence-corrected chi connectivity index (χ3v) is 4.19. The van der Waals surface area contributed by atoms with Crippen molar-refractivity contribution in [1.82, 2.24) is 9.88 Å². The number of piperidine rings is 1. The van der Waals surface area contributed by atoms with Gasteiger partial charge in [0.05, 0.1) is 11.3 Å². The van der Waals surface area contributed by atoms with Crippen molar-refractivity contribution >= 4 is 11.8 Å². The molecule has 0 bridgehead atoms. The Morgan fingerprint density at radius 2 is 2.17 bits per heavy atom. The first-order valence-electron chi connectivity index (χ1n) is 6.39. The van der Waals surface area contributed by atoms with Crippen LogP contribution < -0.4 is 0 Å². The summed E-state index contributed by atoms with van der Waals surface area (Å²) in [6, 6.07) is 6.06. The summed E-state index contributed by atoms with van der Waals surface area (Å²) >= 11 is 1.54. The molecule has 1 saturated heterocycles. The number of rotatable bonds is 3. The van der Waals surface area contributed by atoms with E-state index in [-0.39, 0.29) is 0 Å². The lowest BCUT2D eigenvalue weighted by Crippen LogP contribution is -2.32. The van der Waals surface area contributed by atoms with Crippen LogP contribution >= 0.6 is 11.8 Å². The molecule has 0 aliphatic carbocycles. The van der Waals surface area contributed by atoms with Crippen molar-refractivity contribution in [2.75, 3.05) is 19.3 Å². The number of nitrogens with zero attached hydrogens (tertiary/aromatic N) is 3. The summed E-state index contributed by atoms with van der Waals surface area (Å²) in [4.78, 5) is 7.03. The third kappa shape index (κ3) is 3.24. The smallest absolute Gasteiger partial charge is 0.114 e. The molecule has 4 heteroatoms. The number of thioether (sulfide) groups is 1. The highest BCUT2D eigenvalue weighted by Gasteiger charge is 2.16. The average molecular weight is 261 g/mol. The molecule has 1 aromatic heterocycles. The monoisotopic (exact) mass is 261 g/mol. The molecular formula is C14H19N3S. The molecule has 96 valence electrons. The van der Waals surface area contributed by atoms with Crippen LogP contribution in [-0.2, 0) is 6.54 Å². The zero-order valence-electron chi connectivity index (χ0n) is 11.0. The van der Waals surface area contributed by atoms with Gasteiger partial charge in [-0.2, -0.15) is 5.26 Å². The maximum Gasteiger partial charge on any atom is 0.114 e. The molecule has 1 aliphatic rings. The van der Waals surface area contributed by atoms with Gasteiger partial charge in [0.15, 0.2) is 0 Å². The zero-order chi connectivity index (χ0) is 13.0. The van der Waals surface area contributed by atoms with Crippen LogP contribution in [0.2, 0.25) is 0 Å². The average Bonchev–Trinajstić information content (AvgIpc) is 2.41. The number of aromatic nitrogens is 1. The number of nitriles is 1. The van der Waals surface area contributed by atoms with Gasteiger partial charge in [0.2, 0.25) is 0 Å². The maximum atomic E-state index is 8.98. The topological polar surface area (TPSA) is 39.9 Å². The molecule has 1 aliphatic heterocycles. The largest absolute Gasteiger partial charge is 0.297 e. The van der Waals surface area contributed by atoms with Gasteiger partial charge < -0.3 is 0 Å². The first-order chi connectivity index (χ1) is 8.72. The van der Waals surface area contributed by atoms with E-state index in [1.807, 2.05) is 18.4 Å². The minimum atomic E-state index is 0.679. The van der Waals surface area contributed by atoms with Crippen LogP contribution in [0.15, 0.2) is 17.2 Å². The van der Waals surface area contributed by atoms with Crippen LogP contribution in [-0.4, -0.2) is 29.2 Å². The van der Waals surface area contributed by atoms with E-state index in [4.69, 9.17) is 5.26 Å². The van der Waals surface area contributed by atoms with Gasteiger partial charge in [0.25, 0.3) is 0 Å². The summed E-state index contributed by atoms with van der Waals surface area (Å²) in [6.07, 6.45) is 4.53. The molecule has 0 aromatic carbocycles. The lowest BCUT2D eigenvalue weighted by Gasteiger charge is -2.29. The maximum absolute atomic E-state index is 8.98. The fourth-order valence-electron chi connectivity index (χ4n) is 2.26. The lowest BCUT2D eigenvalue weighted by atomic mass is 9.99. The van der Waals surface area contributed by atoms with Crippen LogP contribution in [0, 0.1) is 17.2 Å². The fourth-order valence-corrected chi connectivity index (χ4v) is 2.80. The van der Waals surface area contributed by atoms with E-state index < -0.39 is 0 Å². The molecule has 0 unspecified atom stereocenters. The Morgan fingerprint density at radius 3 is 2.78 bits per heavy atom. The normalized spacial score (nSPS) is 17.6. The summed E-state index contributed by atoms with van der Waals surface area (Å²) in [5, 5.41) is 9.82. The summed E-state index contributed by atoms with van der Waals surface area (Å²) in [5.41, 5.74) is 1.76. The minimum Gasteiger partial charge on any atom is -0.297 e. The molecule has 1 fully saturated rings. The summed E-state index contributed by atoms with van der Waals surface area (Å²) < 4.78 is 0. The van der Waals surface area contributed by atoms with Gasteiger partial charge in [-0.05, 0) is 50.2 Å². The van der Waals surface area contributed by atoms with Crippen LogP contribution in [0.3, 0.4) is 0 Å². The molecule has 2 heterocycles. The lowest BCUT2D eigenvalue weighted by molar-refractivity contribution is 0.183. The van der Waals surface area contributed by atoms with Gasteiger partial charge in [0, 0.05) is 6.54 Å². The van der Waals surface area contributed by atoms with Gasteiger partial charge in [-0.15, -0.1) is 11.8 Å². The van der Waals surface area contributed by atoms with Crippen molar-refractivity contribution in [3.05, 3.63) is 23.4 Å². The van der Waals surface area contributed by atoms with Gasteiger partial charge in [-0.1, -0.05) is 6.92 Å². The Balaban J connectivity index is 2.04. The first kappa shape index (κ1) is 13.4. The van der Waals surface area contributed by atoms with Crippen molar-refractivity contribution in [3.8, 4) is 6.07 Å². The quantitative estimate of drug-likeness (QED) is 0.784. The fraction of sp³-hybridized carbons (Fsp3) is 0.571. The predicted molar refractivity (Wildman–Crippen MR) is 74.4 cm³/mol. The van der Waals surface area contributed by atoms with Crippen LogP contribution in [0.4, 0.5) is 0 Å². The zero-order valence-corrected chi connectivity index (χ0v) is 11.8. The van der Waals surface area contributed by atoms with Gasteiger partial charge in [0.1, 0.15) is 11.1 Å². The van der Waals surface area contributed by atoms with E-state index in [2.05, 4.69) is 22.9 Å². The molecule has 0 radical (unpaired) electrons. The third-order valence-electron chi connectivity index (χ3n) is 3.49. The molecule has 3 nitrogen and oxygen atoms in total. The van der Waals surface area contributed by atoms with E-state index in [1.165, 1.54) is 12.8 Å². The highest BCUT2D eigenvalue weighted by atomic mass is 32.2. The first-order valence-corrected chi connectivity index (χ1v) is 7.61. The van der Waals surface area contributed by atoms with Crippen molar-refractivity contribution in [2.45, 2.75) is 31.3 Å². The number of pyridine rings is 1. The second-order valence-corrected chi connectivity index (χ2v) is 5.72. The standard InChI is InChI=1S/C14H19N3S/c1-11-5-7-17(8-6-11)10-13-4-3-12(9-15)14(16-13)18-2/h3-4,11H,5-8,10H2,1-2H3. The predicted octanol–water partition coefficient (Wildman–Crippen LogP) is 2.91. The molecule has 0 N–H and O–H groups in total. The Morgan fingerprint density at radius 1 is 1.44 bits per heavy atom. The highest BCUT2D eigenvalue weighted by Crippen LogP contribution is 2.20. The number of hydrogen-bond donors (Lipinski definition) is 0. The van der Waals surface area contributed by atoms with E-state index in [9.17, 15) is 0 Å². The van der Waals surface area contributed by atoms with Crippen LogP contribution in [0.1, 0.15) is 31.0 Å². The number of hydrogen-bond acceptors (Lipinski definition) is 4. The van der Waals surface area contributed by atoms with Crippen molar-refractivity contribution in [2.24, 2.45) is 5.92 Å². The second kappa shape index (κ2) is 6.21. The van der Waals surface area contributed by atoms with E-state index in [1.54, 1.807) is 11.8 Å². The Kier molecular flexibility index (Phi) is 4.62. The second-order valence-electron chi connectivity index (χ2n) is 4.93. The Hall–Kier alpha value is -1.05. The molecule has 2 rings (SSSR count). The minimum absolute atomic E-state index is 0.679. The Labute approximate surface area is 113 Å². The van der Waals surface area contributed by atoms with E-state index in [0.717, 1.165) is 36.3 Å². The number of likely N-dealkylation sites (tertiary alicyclic amines) is 1. The summed E-state index contributed by atoms with van der Waals surface area (Å²) in [5.74, 6) is 0.858. The molecule has 18 heavy (non-hydrogen) atoms. The van der Waals surface area contributed by atoms with Crippen LogP contribution in [0.5, 0.6) is 0 Å². The molecular weight excluding hydrogens is 242 g/mol. The van der Waals surface area contributed by atoms with Crippen molar-refractivity contribution < 1.29 is 0 Å². The van der Waals surface area contributed by atoms with E-state index in [0.29, 0.717) is 5.56 Å². The van der Waals surface area contributed by atoms with Gasteiger partial charge in [-0.25, -0.2) is 4.98 Å². The summed E-state index contributed by atoms with van der Waals surface area (Å²) in [7, 11) is 0. The summed E-state index contributed by atoms with van der Waals surface area (Å²) in [6.45, 7) is 5.56.